The summed E-state index contributed by atoms with van der Waals surface area (Å²) in [7, 11) is 0. The molecule has 0 unspecified atom stereocenters. The minimum Gasteiger partial charge on any atom is -0.439 e. The normalized spacial score (nSPS) is 11.7. The van der Waals surface area contributed by atoms with Gasteiger partial charge in [-0.15, -0.1) is 0 Å². The number of hydrogen-bond acceptors (Lipinski definition) is 5. The number of imidazole rings is 1. The van der Waals surface area contributed by atoms with Gasteiger partial charge in [-0.2, -0.15) is 18.2 Å². The Bertz CT molecular complexity index is 1200. The lowest BCUT2D eigenvalue weighted by molar-refractivity contribution is -0.137. The maximum atomic E-state index is 13.0. The van der Waals surface area contributed by atoms with E-state index in [0.717, 1.165) is 17.8 Å². The minimum atomic E-state index is -4.49. The van der Waals surface area contributed by atoms with Gasteiger partial charge >= 0.3 is 6.18 Å². The van der Waals surface area contributed by atoms with E-state index in [0.29, 0.717) is 23.1 Å². The van der Waals surface area contributed by atoms with Crippen LogP contribution in [-0.2, 0) is 6.18 Å². The molecule has 0 saturated heterocycles. The molecule has 4 rings (SSSR count). The highest BCUT2D eigenvalue weighted by molar-refractivity contribution is 6.35. The lowest BCUT2D eigenvalue weighted by atomic mass is 10.2. The van der Waals surface area contributed by atoms with Crippen molar-refractivity contribution in [2.24, 2.45) is 0 Å². The molecule has 30 heavy (non-hydrogen) atoms. The van der Waals surface area contributed by atoms with Gasteiger partial charge in [0.15, 0.2) is 0 Å². The molecule has 0 amide bonds. The maximum absolute atomic E-state index is 13.0. The van der Waals surface area contributed by atoms with Crippen molar-refractivity contribution in [1.82, 2.24) is 19.9 Å². The Morgan fingerprint density at radius 1 is 1.00 bits per heavy atom. The number of anilines is 2. The molecule has 2 heterocycles. The van der Waals surface area contributed by atoms with Crippen LogP contribution in [0.2, 0.25) is 5.02 Å². The van der Waals surface area contributed by atoms with Crippen LogP contribution in [0.25, 0.3) is 11.0 Å². The Morgan fingerprint density at radius 2 is 1.73 bits per heavy atom. The molecule has 0 radical (unpaired) electrons. The van der Waals surface area contributed by atoms with Gasteiger partial charge in [-0.3, -0.25) is 0 Å². The number of fused-ring (bicyclic) bond motifs is 1. The fourth-order valence-electron chi connectivity index (χ4n) is 2.90. The molecule has 10 heteroatoms. The van der Waals surface area contributed by atoms with Crippen LogP contribution in [0.3, 0.4) is 0 Å². The van der Waals surface area contributed by atoms with Gasteiger partial charge in [-0.1, -0.05) is 11.6 Å². The Kier molecular flexibility index (Phi) is 4.98. The molecule has 0 aliphatic rings. The fourth-order valence-corrected chi connectivity index (χ4v) is 3.16. The van der Waals surface area contributed by atoms with E-state index in [-0.39, 0.29) is 22.0 Å². The van der Waals surface area contributed by atoms with Crippen LogP contribution in [0, 0.1) is 13.8 Å². The number of hydrogen-bond donors (Lipinski definition) is 2. The molecule has 0 saturated carbocycles. The molecule has 0 fully saturated rings. The smallest absolute Gasteiger partial charge is 0.416 e. The lowest BCUT2D eigenvalue weighted by Gasteiger charge is -2.07. The number of rotatable bonds is 4. The average molecular weight is 434 g/mol. The first-order chi connectivity index (χ1) is 14.2. The Hall–Kier alpha value is -3.33. The van der Waals surface area contributed by atoms with Gasteiger partial charge in [-0.25, -0.2) is 9.97 Å². The summed E-state index contributed by atoms with van der Waals surface area (Å²) >= 11 is 5.97. The topological polar surface area (TPSA) is 75.7 Å². The summed E-state index contributed by atoms with van der Waals surface area (Å²) in [5.74, 6) is 1.89. The molecule has 0 aliphatic carbocycles. The first-order valence-electron chi connectivity index (χ1n) is 8.81. The highest BCUT2D eigenvalue weighted by atomic mass is 35.5. The second kappa shape index (κ2) is 7.49. The van der Waals surface area contributed by atoms with Crippen LogP contribution in [-0.4, -0.2) is 19.9 Å². The summed E-state index contributed by atoms with van der Waals surface area (Å²) in [5, 5.41) is 2.92. The van der Waals surface area contributed by atoms with E-state index in [2.05, 4.69) is 25.3 Å². The van der Waals surface area contributed by atoms with Crippen LogP contribution in [0.4, 0.5) is 24.8 Å². The van der Waals surface area contributed by atoms with Gasteiger partial charge in [0.2, 0.25) is 11.8 Å². The number of aromatic nitrogens is 4. The van der Waals surface area contributed by atoms with Crippen LogP contribution < -0.4 is 10.1 Å². The van der Waals surface area contributed by atoms with Gasteiger partial charge in [0.1, 0.15) is 17.1 Å². The molecule has 0 bridgehead atoms. The van der Waals surface area contributed by atoms with Crippen molar-refractivity contribution in [3.63, 3.8) is 0 Å². The number of nitrogens with one attached hydrogen (secondary N) is 2. The molecule has 154 valence electrons. The van der Waals surface area contributed by atoms with Crippen molar-refractivity contribution in [3.8, 4) is 11.6 Å². The number of benzene rings is 2. The lowest BCUT2D eigenvalue weighted by Crippen LogP contribution is -2.04. The van der Waals surface area contributed by atoms with Gasteiger partial charge in [-0.05, 0) is 50.2 Å². The second-order valence-corrected chi connectivity index (χ2v) is 6.99. The molecule has 6 nitrogen and oxygen atoms in total. The molecule has 0 atom stereocenters. The third-order valence-corrected chi connectivity index (χ3v) is 4.44. The zero-order chi connectivity index (χ0) is 21.5. The average Bonchev–Trinajstić information content (AvgIpc) is 3.05. The molecule has 4 aromatic rings. The third-order valence-electron chi connectivity index (χ3n) is 4.15. The van der Waals surface area contributed by atoms with Crippen molar-refractivity contribution < 1.29 is 17.9 Å². The highest BCUT2D eigenvalue weighted by Crippen LogP contribution is 2.35. The molecule has 2 aromatic carbocycles. The minimum absolute atomic E-state index is 0.0803. The van der Waals surface area contributed by atoms with Crippen molar-refractivity contribution in [2.75, 3.05) is 5.32 Å². The predicted octanol–water partition coefficient (Wildman–Crippen LogP) is 6.18. The van der Waals surface area contributed by atoms with E-state index in [1.165, 1.54) is 0 Å². The van der Waals surface area contributed by atoms with Gasteiger partial charge < -0.3 is 15.0 Å². The summed E-state index contributed by atoms with van der Waals surface area (Å²) in [6, 6.07) is 10.5. The molecular weight excluding hydrogens is 419 g/mol. The molecule has 2 N–H and O–H groups in total. The number of halogens is 4. The number of alkyl halides is 3. The summed E-state index contributed by atoms with van der Waals surface area (Å²) < 4.78 is 44.6. The highest BCUT2D eigenvalue weighted by Gasteiger charge is 2.31. The summed E-state index contributed by atoms with van der Waals surface area (Å²) in [6.45, 7) is 3.63. The molecule has 2 aromatic heterocycles. The number of aryl methyl sites for hydroxylation is 2. The van der Waals surface area contributed by atoms with E-state index in [4.69, 9.17) is 16.3 Å². The Labute approximate surface area is 174 Å². The van der Waals surface area contributed by atoms with Crippen LogP contribution in [0.1, 0.15) is 17.1 Å². The summed E-state index contributed by atoms with van der Waals surface area (Å²) in [6.07, 6.45) is -4.49. The predicted molar refractivity (Wildman–Crippen MR) is 107 cm³/mol. The monoisotopic (exact) mass is 433 g/mol. The molecular formula is C20H15ClF3N5O. The molecule has 0 aliphatic heterocycles. The fraction of sp³-hybridized carbons (Fsp3) is 0.150. The zero-order valence-electron chi connectivity index (χ0n) is 15.8. The van der Waals surface area contributed by atoms with Crippen LogP contribution in [0.5, 0.6) is 11.6 Å². The van der Waals surface area contributed by atoms with E-state index < -0.39 is 11.7 Å². The second-order valence-electron chi connectivity index (χ2n) is 6.58. The third kappa shape index (κ3) is 4.30. The van der Waals surface area contributed by atoms with Crippen molar-refractivity contribution >= 4 is 34.3 Å². The van der Waals surface area contributed by atoms with Crippen LogP contribution in [0.15, 0.2) is 42.5 Å². The summed E-state index contributed by atoms with van der Waals surface area (Å²) in [4.78, 5) is 15.5. The Balaban J connectivity index is 1.53. The van der Waals surface area contributed by atoms with Crippen molar-refractivity contribution in [1.29, 1.82) is 0 Å². The van der Waals surface area contributed by atoms with Gasteiger partial charge in [0, 0.05) is 17.4 Å². The van der Waals surface area contributed by atoms with E-state index in [1.807, 2.05) is 6.92 Å². The number of nitrogens with zero attached hydrogens (tertiary/aromatic N) is 3. The van der Waals surface area contributed by atoms with Crippen LogP contribution >= 0.6 is 11.6 Å². The van der Waals surface area contributed by atoms with Gasteiger partial charge in [0.05, 0.1) is 16.1 Å². The molecule has 0 spiro atoms. The van der Waals surface area contributed by atoms with Crippen molar-refractivity contribution in [3.05, 3.63) is 64.6 Å². The van der Waals surface area contributed by atoms with Gasteiger partial charge in [0.25, 0.3) is 0 Å². The SMILES string of the molecule is Cc1cc(Oc2ccc(Nc3nc4c(Cl)cc(C(F)(F)F)cc4[nH]3)cc2)nc(C)n1. The maximum Gasteiger partial charge on any atom is 0.416 e. The van der Waals surface area contributed by atoms with E-state index >= 15 is 0 Å². The zero-order valence-corrected chi connectivity index (χ0v) is 16.6. The van der Waals surface area contributed by atoms with Crippen molar-refractivity contribution in [2.45, 2.75) is 20.0 Å². The van der Waals surface area contributed by atoms with E-state index in [1.54, 1.807) is 37.3 Å². The number of aromatic amines is 1. The quantitative estimate of drug-likeness (QED) is 0.402. The van der Waals surface area contributed by atoms with E-state index in [9.17, 15) is 13.2 Å². The summed E-state index contributed by atoms with van der Waals surface area (Å²) in [5.41, 5.74) is 1.05. The standard InChI is InChI=1S/C20H15ClF3N5O/c1-10-7-17(26-11(2)25-10)30-14-5-3-13(4-6-14)27-19-28-16-9-12(20(22,23)24)8-15(21)18(16)29-19/h3-9H,1-2H3,(H2,27,28,29). The largest absolute Gasteiger partial charge is 0.439 e. The first kappa shape index (κ1) is 20.0. The number of ether oxygens (including phenoxy) is 1. The number of H-pyrrole nitrogens is 1. The first-order valence-corrected chi connectivity index (χ1v) is 9.19. The Morgan fingerprint density at radius 3 is 2.40 bits per heavy atom.